The lowest BCUT2D eigenvalue weighted by molar-refractivity contribution is -0.112. The second-order valence-corrected chi connectivity index (χ2v) is 6.74. The quantitative estimate of drug-likeness (QED) is 0.320. The summed E-state index contributed by atoms with van der Waals surface area (Å²) < 4.78 is 5.46. The van der Waals surface area contributed by atoms with Crippen molar-refractivity contribution >= 4 is 30.0 Å². The number of pyridine rings is 1. The molecule has 1 aromatic carbocycles. The third kappa shape index (κ3) is 4.19. The number of rotatable bonds is 5. The minimum absolute atomic E-state index is 0.0468. The van der Waals surface area contributed by atoms with Gasteiger partial charge in [-0.25, -0.2) is 4.98 Å². The van der Waals surface area contributed by atoms with Crippen LogP contribution < -0.4 is 10.6 Å². The Morgan fingerprint density at radius 3 is 2.43 bits per heavy atom. The Hall–Kier alpha value is -4.01. The molecule has 0 radical (unpaired) electrons. The zero-order chi connectivity index (χ0) is 21.7. The summed E-state index contributed by atoms with van der Waals surface area (Å²) in [6.45, 7) is 3.59. The number of benzene rings is 1. The SMILES string of the molecule is Cc1nc(NC(=O)/C(C#N)=C(/S)Nc2ccccc2)c(C#N)c(-c2ccco2)c1C. The largest absolute Gasteiger partial charge is 0.464 e. The molecule has 0 aliphatic rings. The second-order valence-electron chi connectivity index (χ2n) is 6.29. The van der Waals surface area contributed by atoms with E-state index in [1.807, 2.05) is 31.2 Å². The molecule has 8 heteroatoms. The average molecular weight is 415 g/mol. The molecule has 2 heterocycles. The minimum Gasteiger partial charge on any atom is -0.464 e. The normalized spacial score (nSPS) is 11.1. The molecule has 148 valence electrons. The number of hydrogen-bond donors (Lipinski definition) is 3. The third-order valence-corrected chi connectivity index (χ3v) is 4.74. The molecule has 0 bridgehead atoms. The zero-order valence-electron chi connectivity index (χ0n) is 16.2. The fraction of sp³-hybridized carbons (Fsp3) is 0.0909. The maximum Gasteiger partial charge on any atom is 0.270 e. The highest BCUT2D eigenvalue weighted by Crippen LogP contribution is 2.33. The minimum atomic E-state index is -0.733. The first-order chi connectivity index (χ1) is 14.5. The molecule has 3 rings (SSSR count). The van der Waals surface area contributed by atoms with Crippen molar-refractivity contribution in [3.63, 3.8) is 0 Å². The number of hydrogen-bond acceptors (Lipinski definition) is 7. The van der Waals surface area contributed by atoms with Crippen molar-refractivity contribution in [3.05, 3.63) is 76.2 Å². The van der Waals surface area contributed by atoms with Crippen LogP contribution in [0.15, 0.2) is 63.7 Å². The number of carbonyl (C=O) groups is 1. The molecular formula is C22H17N5O2S. The van der Waals surface area contributed by atoms with Crippen LogP contribution in [0.4, 0.5) is 11.5 Å². The van der Waals surface area contributed by atoms with Gasteiger partial charge in [0, 0.05) is 16.9 Å². The van der Waals surface area contributed by atoms with Crippen molar-refractivity contribution in [3.8, 4) is 23.5 Å². The zero-order valence-corrected chi connectivity index (χ0v) is 17.1. The molecule has 0 spiro atoms. The van der Waals surface area contributed by atoms with E-state index < -0.39 is 5.91 Å². The van der Waals surface area contributed by atoms with Crippen molar-refractivity contribution in [1.29, 1.82) is 10.5 Å². The molecule has 0 fully saturated rings. The Kier molecular flexibility index (Phi) is 6.21. The third-order valence-electron chi connectivity index (χ3n) is 4.41. The Balaban J connectivity index is 1.99. The molecule has 0 aliphatic carbocycles. The molecule has 0 saturated carbocycles. The van der Waals surface area contributed by atoms with Gasteiger partial charge < -0.3 is 15.1 Å². The number of aryl methyl sites for hydroxylation is 1. The summed E-state index contributed by atoms with van der Waals surface area (Å²) in [5, 5.41) is 24.8. The summed E-state index contributed by atoms with van der Waals surface area (Å²) in [4.78, 5) is 17.1. The summed E-state index contributed by atoms with van der Waals surface area (Å²) in [6.07, 6.45) is 1.50. The number of nitrogens with one attached hydrogen (secondary N) is 2. The number of carbonyl (C=O) groups excluding carboxylic acids is 1. The topological polar surface area (TPSA) is 115 Å². The van der Waals surface area contributed by atoms with Crippen LogP contribution in [-0.4, -0.2) is 10.9 Å². The van der Waals surface area contributed by atoms with Gasteiger partial charge in [0.15, 0.2) is 5.82 Å². The highest BCUT2D eigenvalue weighted by Gasteiger charge is 2.22. The van der Waals surface area contributed by atoms with Gasteiger partial charge in [0.1, 0.15) is 29.0 Å². The van der Waals surface area contributed by atoms with Crippen molar-refractivity contribution in [2.45, 2.75) is 13.8 Å². The van der Waals surface area contributed by atoms with E-state index in [1.165, 1.54) is 6.26 Å². The van der Waals surface area contributed by atoms with Gasteiger partial charge >= 0.3 is 0 Å². The first-order valence-corrected chi connectivity index (χ1v) is 9.33. The highest BCUT2D eigenvalue weighted by molar-refractivity contribution is 7.84. The van der Waals surface area contributed by atoms with Crippen LogP contribution >= 0.6 is 12.6 Å². The molecule has 2 aromatic heterocycles. The van der Waals surface area contributed by atoms with Crippen LogP contribution in [0.1, 0.15) is 16.8 Å². The molecule has 1 amide bonds. The van der Waals surface area contributed by atoms with Crippen LogP contribution in [0.2, 0.25) is 0 Å². The highest BCUT2D eigenvalue weighted by atomic mass is 32.1. The maximum atomic E-state index is 12.8. The molecule has 30 heavy (non-hydrogen) atoms. The Morgan fingerprint density at radius 1 is 1.10 bits per heavy atom. The van der Waals surface area contributed by atoms with Crippen molar-refractivity contribution < 1.29 is 9.21 Å². The van der Waals surface area contributed by atoms with E-state index >= 15 is 0 Å². The van der Waals surface area contributed by atoms with Crippen molar-refractivity contribution in [1.82, 2.24) is 4.98 Å². The fourth-order valence-corrected chi connectivity index (χ4v) is 3.11. The summed E-state index contributed by atoms with van der Waals surface area (Å²) in [6, 6.07) is 16.4. The van der Waals surface area contributed by atoms with E-state index in [1.54, 1.807) is 31.2 Å². The van der Waals surface area contributed by atoms with E-state index in [-0.39, 0.29) is 22.0 Å². The average Bonchev–Trinajstić information content (AvgIpc) is 3.26. The smallest absolute Gasteiger partial charge is 0.270 e. The number of amides is 1. The number of furan rings is 1. The Bertz CT molecular complexity index is 1200. The summed E-state index contributed by atoms with van der Waals surface area (Å²) in [5.41, 5.74) is 2.50. The standard InChI is InChI=1S/C22H17N5O2S/c1-13-14(2)25-20(16(11-23)19(13)18-9-6-10-29-18)27-21(28)17(12-24)22(30)26-15-7-4-3-5-8-15/h3-10,26,30H,1-2H3,(H,25,27,28)/b22-17+. The molecule has 0 atom stereocenters. The summed E-state index contributed by atoms with van der Waals surface area (Å²) in [7, 11) is 0. The number of thiol groups is 1. The van der Waals surface area contributed by atoms with E-state index in [0.717, 1.165) is 5.56 Å². The number of para-hydroxylation sites is 1. The Morgan fingerprint density at radius 2 is 1.83 bits per heavy atom. The fourth-order valence-electron chi connectivity index (χ4n) is 2.82. The van der Waals surface area contributed by atoms with Crippen LogP contribution in [0, 0.1) is 36.5 Å². The number of nitriles is 2. The lowest BCUT2D eigenvalue weighted by atomic mass is 10.00. The molecule has 0 saturated heterocycles. The van der Waals surface area contributed by atoms with Crippen LogP contribution in [0.5, 0.6) is 0 Å². The lowest BCUT2D eigenvalue weighted by Crippen LogP contribution is -2.19. The predicted octanol–water partition coefficient (Wildman–Crippen LogP) is 4.55. The summed E-state index contributed by atoms with van der Waals surface area (Å²) >= 11 is 4.26. The lowest BCUT2D eigenvalue weighted by Gasteiger charge is -2.14. The van der Waals surface area contributed by atoms with Crippen LogP contribution in [0.25, 0.3) is 11.3 Å². The van der Waals surface area contributed by atoms with Crippen LogP contribution in [0.3, 0.4) is 0 Å². The first-order valence-electron chi connectivity index (χ1n) is 8.88. The van der Waals surface area contributed by atoms with Gasteiger partial charge in [-0.2, -0.15) is 10.5 Å². The van der Waals surface area contributed by atoms with Gasteiger partial charge in [0.25, 0.3) is 5.91 Å². The Labute approximate surface area is 179 Å². The maximum absolute atomic E-state index is 12.8. The van der Waals surface area contributed by atoms with Gasteiger partial charge in [0.05, 0.1) is 11.3 Å². The van der Waals surface area contributed by atoms with Gasteiger partial charge in [0.2, 0.25) is 0 Å². The van der Waals surface area contributed by atoms with E-state index in [4.69, 9.17) is 4.42 Å². The van der Waals surface area contributed by atoms with Crippen LogP contribution in [-0.2, 0) is 4.79 Å². The molecule has 7 nitrogen and oxygen atoms in total. The van der Waals surface area contributed by atoms with Gasteiger partial charge in [-0.3, -0.25) is 4.79 Å². The monoisotopic (exact) mass is 415 g/mol. The van der Waals surface area contributed by atoms with Gasteiger partial charge in [-0.1, -0.05) is 18.2 Å². The van der Waals surface area contributed by atoms with Crippen molar-refractivity contribution in [2.75, 3.05) is 10.6 Å². The molecule has 3 aromatic rings. The first kappa shape index (κ1) is 20.7. The molecule has 2 N–H and O–H groups in total. The van der Waals surface area contributed by atoms with E-state index in [0.29, 0.717) is 22.7 Å². The number of anilines is 2. The second kappa shape index (κ2) is 8.99. The molecular weight excluding hydrogens is 398 g/mol. The van der Waals surface area contributed by atoms with E-state index in [9.17, 15) is 15.3 Å². The van der Waals surface area contributed by atoms with Gasteiger partial charge in [-0.05, 0) is 43.7 Å². The summed E-state index contributed by atoms with van der Waals surface area (Å²) in [5.74, 6) is -0.198. The van der Waals surface area contributed by atoms with E-state index in [2.05, 4.69) is 34.3 Å². The molecule has 0 aliphatic heterocycles. The van der Waals surface area contributed by atoms with Crippen molar-refractivity contribution in [2.24, 2.45) is 0 Å². The number of aromatic nitrogens is 1. The predicted molar refractivity (Wildman–Crippen MR) is 116 cm³/mol. The number of nitrogens with zero attached hydrogens (tertiary/aromatic N) is 3. The van der Waals surface area contributed by atoms with Gasteiger partial charge in [-0.15, -0.1) is 12.6 Å². The molecule has 0 unspecified atom stereocenters.